The zero-order valence-electron chi connectivity index (χ0n) is 23.1. The maximum atomic E-state index is 13.5. The molecular weight excluding hydrogens is 593 g/mol. The van der Waals surface area contributed by atoms with Gasteiger partial charge in [-0.3, -0.25) is 19.2 Å². The fraction of sp³-hybridized carbons (Fsp3) is 0.379. The lowest BCUT2D eigenvalue weighted by molar-refractivity contribution is -0.138. The number of likely N-dealkylation sites (tertiary alicyclic amines) is 1. The lowest BCUT2D eigenvalue weighted by Crippen LogP contribution is -2.37. The van der Waals surface area contributed by atoms with Crippen molar-refractivity contribution in [2.45, 2.75) is 45.5 Å². The first-order chi connectivity index (χ1) is 19.7. The number of ether oxygens (including phenoxy) is 1. The molecule has 3 heterocycles. The topological polar surface area (TPSA) is 84.7 Å². The lowest BCUT2D eigenvalue weighted by Gasteiger charge is -2.24. The zero-order valence-corrected chi connectivity index (χ0v) is 24.6. The van der Waals surface area contributed by atoms with Gasteiger partial charge < -0.3 is 9.64 Å². The van der Waals surface area contributed by atoms with Crippen molar-refractivity contribution in [3.8, 4) is 0 Å². The Kier molecular flexibility index (Phi) is 8.06. The Balaban J connectivity index is 1.27. The summed E-state index contributed by atoms with van der Waals surface area (Å²) in [6.45, 7) is 6.37. The van der Waals surface area contributed by atoms with Gasteiger partial charge in [-0.05, 0) is 86.3 Å². The number of imide groups is 1. The molecule has 0 bridgehead atoms. The van der Waals surface area contributed by atoms with Crippen molar-refractivity contribution in [2.75, 3.05) is 19.6 Å². The van der Waals surface area contributed by atoms with E-state index in [1.54, 1.807) is 49.9 Å². The van der Waals surface area contributed by atoms with Crippen LogP contribution >= 0.6 is 23.4 Å². The van der Waals surface area contributed by atoms with Crippen LogP contribution in [0.5, 0.6) is 0 Å². The highest BCUT2D eigenvalue weighted by atomic mass is 35.5. The van der Waals surface area contributed by atoms with E-state index in [0.29, 0.717) is 36.0 Å². The molecule has 0 unspecified atom stereocenters. The third-order valence-corrected chi connectivity index (χ3v) is 8.06. The summed E-state index contributed by atoms with van der Waals surface area (Å²) >= 11 is 6.64. The lowest BCUT2D eigenvalue weighted by atomic mass is 10.1. The van der Waals surface area contributed by atoms with E-state index in [-0.39, 0.29) is 39.7 Å². The normalized spacial score (nSPS) is 19.0. The van der Waals surface area contributed by atoms with Crippen molar-refractivity contribution >= 4 is 57.6 Å². The number of rotatable bonds is 5. The van der Waals surface area contributed by atoms with E-state index in [4.69, 9.17) is 16.3 Å². The van der Waals surface area contributed by atoms with Gasteiger partial charge in [-0.2, -0.15) is 18.3 Å². The third-order valence-electron chi connectivity index (χ3n) is 6.91. The van der Waals surface area contributed by atoms with Crippen molar-refractivity contribution < 1.29 is 32.3 Å². The van der Waals surface area contributed by atoms with E-state index in [1.165, 1.54) is 27.9 Å². The van der Waals surface area contributed by atoms with Crippen LogP contribution < -0.4 is 0 Å². The number of nitrogens with zero attached hydrogens (tertiary/aromatic N) is 4. The minimum Gasteiger partial charge on any atom is -0.444 e. The molecule has 42 heavy (non-hydrogen) atoms. The molecule has 8 nitrogen and oxygen atoms in total. The Morgan fingerprint density at radius 3 is 2.64 bits per heavy atom. The first-order valence-corrected chi connectivity index (χ1v) is 14.4. The zero-order chi connectivity index (χ0) is 30.4. The van der Waals surface area contributed by atoms with E-state index >= 15 is 0 Å². The first kappa shape index (κ1) is 30.0. The van der Waals surface area contributed by atoms with Crippen molar-refractivity contribution in [3.05, 3.63) is 69.2 Å². The Bertz CT molecular complexity index is 1600. The van der Waals surface area contributed by atoms with Crippen molar-refractivity contribution in [3.63, 3.8) is 0 Å². The molecule has 0 N–H and O–H groups in total. The molecule has 0 radical (unpaired) electrons. The SMILES string of the molecule is CC(C)(C)OC(=O)N1CC[C@@H](CN2C(=O)SC(=Cc3ccc4c(cnn4Cc4ccc(Cl)cc4C(F)(F)F)c3)C2=O)C1. The van der Waals surface area contributed by atoms with E-state index in [0.717, 1.165) is 17.8 Å². The standard InChI is InChI=1S/C29H28ClF3N4O4S/c1-28(2,3)41-26(39)35-9-8-18(14-35)15-36-25(38)24(42-27(36)40)11-17-4-7-23-20(10-17)13-34-37(23)16-19-5-6-21(30)12-22(19)29(31,32)33/h4-7,10-13,18H,8-9,14-16H2,1-3H3/t18-/m1/s1. The molecule has 0 spiro atoms. The van der Waals surface area contributed by atoms with Crippen LogP contribution in [-0.2, 0) is 22.3 Å². The van der Waals surface area contributed by atoms with Gasteiger partial charge in [0, 0.05) is 30.0 Å². The number of halogens is 4. The number of hydrogen-bond acceptors (Lipinski definition) is 6. The van der Waals surface area contributed by atoms with Crippen LogP contribution in [0.2, 0.25) is 5.02 Å². The maximum absolute atomic E-state index is 13.5. The van der Waals surface area contributed by atoms with E-state index in [1.807, 2.05) is 0 Å². The Morgan fingerprint density at radius 1 is 1.17 bits per heavy atom. The molecule has 0 saturated carbocycles. The first-order valence-electron chi connectivity index (χ1n) is 13.2. The Morgan fingerprint density at radius 2 is 1.93 bits per heavy atom. The van der Waals surface area contributed by atoms with Gasteiger partial charge in [0.05, 0.1) is 28.7 Å². The molecule has 2 aromatic carbocycles. The second-order valence-electron chi connectivity index (χ2n) is 11.3. The van der Waals surface area contributed by atoms with Gasteiger partial charge in [-0.25, -0.2) is 4.79 Å². The van der Waals surface area contributed by atoms with Gasteiger partial charge >= 0.3 is 12.3 Å². The van der Waals surface area contributed by atoms with Gasteiger partial charge in [0.25, 0.3) is 11.1 Å². The molecule has 1 aromatic heterocycles. The quantitative estimate of drug-likeness (QED) is 0.284. The molecule has 3 aromatic rings. The summed E-state index contributed by atoms with van der Waals surface area (Å²) in [6.07, 6.45) is -1.16. The molecule has 222 valence electrons. The minimum absolute atomic E-state index is 0.00327. The summed E-state index contributed by atoms with van der Waals surface area (Å²) in [6, 6.07) is 8.84. The number of amides is 3. The van der Waals surface area contributed by atoms with E-state index in [9.17, 15) is 27.6 Å². The number of thioether (sulfide) groups is 1. The summed E-state index contributed by atoms with van der Waals surface area (Å²) in [5.74, 6) is -0.454. The Hall–Kier alpha value is -3.51. The number of aromatic nitrogens is 2. The minimum atomic E-state index is -4.56. The van der Waals surface area contributed by atoms with Crippen molar-refractivity contribution in [1.82, 2.24) is 19.6 Å². The fourth-order valence-corrected chi connectivity index (χ4v) is 5.99. The number of fused-ring (bicyclic) bond motifs is 1. The molecule has 2 saturated heterocycles. The second kappa shape index (κ2) is 11.3. The predicted molar refractivity (Wildman–Crippen MR) is 154 cm³/mol. The molecule has 2 aliphatic rings. The molecule has 2 fully saturated rings. The van der Waals surface area contributed by atoms with Crippen LogP contribution in [0.25, 0.3) is 17.0 Å². The average Bonchev–Trinajstić information content (AvgIpc) is 3.59. The number of alkyl halides is 3. The molecule has 0 aliphatic carbocycles. The van der Waals surface area contributed by atoms with Crippen LogP contribution in [-0.4, -0.2) is 62.1 Å². The number of carbonyl (C=O) groups excluding carboxylic acids is 3. The molecule has 2 aliphatic heterocycles. The van der Waals surface area contributed by atoms with Gasteiger partial charge in [0.2, 0.25) is 0 Å². The summed E-state index contributed by atoms with van der Waals surface area (Å²) < 4.78 is 47.5. The maximum Gasteiger partial charge on any atom is 0.416 e. The van der Waals surface area contributed by atoms with E-state index < -0.39 is 29.3 Å². The summed E-state index contributed by atoms with van der Waals surface area (Å²) in [4.78, 5) is 41.3. The van der Waals surface area contributed by atoms with Crippen LogP contribution in [0, 0.1) is 5.92 Å². The van der Waals surface area contributed by atoms with Gasteiger partial charge in [-0.15, -0.1) is 0 Å². The van der Waals surface area contributed by atoms with E-state index in [2.05, 4.69) is 5.10 Å². The average molecular weight is 621 g/mol. The largest absolute Gasteiger partial charge is 0.444 e. The molecule has 1 atom stereocenters. The second-order valence-corrected chi connectivity index (χ2v) is 12.7. The van der Waals surface area contributed by atoms with Crippen LogP contribution in [0.15, 0.2) is 47.5 Å². The van der Waals surface area contributed by atoms with Crippen LogP contribution in [0.3, 0.4) is 0 Å². The highest BCUT2D eigenvalue weighted by Gasteiger charge is 2.39. The fourth-order valence-electron chi connectivity index (χ4n) is 4.97. The molecule has 3 amide bonds. The molecular formula is C29H28ClF3N4O4S. The predicted octanol–water partition coefficient (Wildman–Crippen LogP) is 7.05. The van der Waals surface area contributed by atoms with Gasteiger partial charge in [0.15, 0.2) is 0 Å². The Labute approximate surface area is 249 Å². The monoisotopic (exact) mass is 620 g/mol. The van der Waals surface area contributed by atoms with Crippen molar-refractivity contribution in [1.29, 1.82) is 0 Å². The summed E-state index contributed by atoms with van der Waals surface area (Å²) in [5.41, 5.74) is -0.139. The van der Waals surface area contributed by atoms with Crippen molar-refractivity contribution in [2.24, 2.45) is 5.92 Å². The summed E-state index contributed by atoms with van der Waals surface area (Å²) in [7, 11) is 0. The molecule has 5 rings (SSSR count). The third kappa shape index (κ3) is 6.59. The highest BCUT2D eigenvalue weighted by Crippen LogP contribution is 2.36. The summed E-state index contributed by atoms with van der Waals surface area (Å²) in [5, 5.41) is 4.55. The van der Waals surface area contributed by atoms with Crippen LogP contribution in [0.1, 0.15) is 43.9 Å². The smallest absolute Gasteiger partial charge is 0.416 e. The number of hydrogen-bond donors (Lipinski definition) is 0. The van der Waals surface area contributed by atoms with Crippen LogP contribution in [0.4, 0.5) is 22.8 Å². The number of carbonyl (C=O) groups is 3. The highest BCUT2D eigenvalue weighted by molar-refractivity contribution is 8.18. The van der Waals surface area contributed by atoms with Gasteiger partial charge in [-0.1, -0.05) is 23.7 Å². The van der Waals surface area contributed by atoms with Gasteiger partial charge in [0.1, 0.15) is 5.60 Å². The molecule has 13 heteroatoms. The number of benzene rings is 2.